The molecule has 4 nitrogen and oxygen atoms in total. The third kappa shape index (κ3) is 4.29. The summed E-state index contributed by atoms with van der Waals surface area (Å²) >= 11 is 1.20. The molecule has 1 N–H and O–H groups in total. The fraction of sp³-hybridized carbons (Fsp3) is 0.238. The number of aryl methyl sites for hydroxylation is 2. The van der Waals surface area contributed by atoms with E-state index in [0.717, 1.165) is 24.2 Å². The van der Waals surface area contributed by atoms with Crippen molar-refractivity contribution in [1.29, 1.82) is 0 Å². The van der Waals surface area contributed by atoms with Gasteiger partial charge in [0.2, 0.25) is 0 Å². The summed E-state index contributed by atoms with van der Waals surface area (Å²) in [5, 5.41) is 10.0. The first-order valence-electron chi connectivity index (χ1n) is 8.68. The van der Waals surface area contributed by atoms with Gasteiger partial charge < -0.3 is 9.84 Å². The number of ether oxygens (including phenoxy) is 1. The summed E-state index contributed by atoms with van der Waals surface area (Å²) in [5.41, 5.74) is 2.76. The highest BCUT2D eigenvalue weighted by Crippen LogP contribution is 2.34. The molecule has 0 aliphatic carbocycles. The highest BCUT2D eigenvalue weighted by molar-refractivity contribution is 7.17. The van der Waals surface area contributed by atoms with Crippen molar-refractivity contribution in [3.63, 3.8) is 0 Å². The number of hydrogen-bond acceptors (Lipinski definition) is 4. The minimum Gasteiger partial charge on any atom is -0.493 e. The lowest BCUT2D eigenvalue weighted by atomic mass is 10.1. The maximum Gasteiger partial charge on any atom is 0.347 e. The van der Waals surface area contributed by atoms with E-state index in [1.165, 1.54) is 16.9 Å². The number of benzene rings is 2. The molecule has 134 valence electrons. The number of para-hydroxylation sites is 1. The number of carboxylic acids is 1. The smallest absolute Gasteiger partial charge is 0.347 e. The van der Waals surface area contributed by atoms with Gasteiger partial charge in [0, 0.05) is 0 Å². The summed E-state index contributed by atoms with van der Waals surface area (Å²) in [7, 11) is 0. The van der Waals surface area contributed by atoms with Gasteiger partial charge in [-0.05, 0) is 37.0 Å². The Morgan fingerprint density at radius 2 is 1.85 bits per heavy atom. The Hall–Kier alpha value is -2.66. The van der Waals surface area contributed by atoms with E-state index in [9.17, 15) is 9.90 Å². The second-order valence-corrected chi connectivity index (χ2v) is 6.89. The molecule has 1 heterocycles. The molecule has 3 rings (SSSR count). The molecular weight excluding hydrogens is 346 g/mol. The van der Waals surface area contributed by atoms with Gasteiger partial charge >= 0.3 is 5.97 Å². The maximum absolute atomic E-state index is 11.4. The van der Waals surface area contributed by atoms with Gasteiger partial charge in [0.05, 0.1) is 17.9 Å². The predicted octanol–water partition coefficient (Wildman–Crippen LogP) is 5.08. The molecule has 0 unspecified atom stereocenters. The average molecular weight is 367 g/mol. The molecule has 0 aliphatic rings. The minimum absolute atomic E-state index is 0.307. The fourth-order valence-electron chi connectivity index (χ4n) is 2.75. The molecule has 1 aromatic heterocycles. The van der Waals surface area contributed by atoms with Crippen LogP contribution in [0.5, 0.6) is 5.75 Å². The standard InChI is InChI=1S/C21H21NO3S/c1-2-17-19(21(23)24)26-20(22-17)16-12-6-7-13-18(16)25-14-8-11-15-9-4-3-5-10-15/h3-7,9-10,12-13H,2,8,11,14H2,1H3,(H,23,24). The molecule has 0 aliphatic heterocycles. The van der Waals surface area contributed by atoms with Crippen molar-refractivity contribution in [3.05, 3.63) is 70.7 Å². The van der Waals surface area contributed by atoms with E-state index in [1.807, 2.05) is 49.4 Å². The second kappa shape index (κ2) is 8.63. The van der Waals surface area contributed by atoms with Crippen molar-refractivity contribution >= 4 is 17.3 Å². The average Bonchev–Trinajstić information content (AvgIpc) is 3.11. The van der Waals surface area contributed by atoms with Crippen LogP contribution < -0.4 is 4.74 Å². The number of aromatic carboxylic acids is 1. The van der Waals surface area contributed by atoms with Gasteiger partial charge in [-0.3, -0.25) is 0 Å². The number of hydrogen-bond donors (Lipinski definition) is 1. The lowest BCUT2D eigenvalue weighted by molar-refractivity contribution is 0.0701. The van der Waals surface area contributed by atoms with Crippen LogP contribution in [-0.2, 0) is 12.8 Å². The minimum atomic E-state index is -0.924. The van der Waals surface area contributed by atoms with E-state index in [1.54, 1.807) is 0 Å². The zero-order valence-electron chi connectivity index (χ0n) is 14.6. The Morgan fingerprint density at radius 1 is 1.12 bits per heavy atom. The first-order chi connectivity index (χ1) is 12.7. The van der Waals surface area contributed by atoms with Gasteiger partial charge in [-0.2, -0.15) is 0 Å². The number of carboxylic acid groups (broad SMARTS) is 1. The van der Waals surface area contributed by atoms with E-state index in [0.29, 0.717) is 28.6 Å². The van der Waals surface area contributed by atoms with Crippen LogP contribution >= 0.6 is 11.3 Å². The normalized spacial score (nSPS) is 10.7. The summed E-state index contributed by atoms with van der Waals surface area (Å²) in [6.07, 6.45) is 2.47. The summed E-state index contributed by atoms with van der Waals surface area (Å²) in [4.78, 5) is 16.2. The maximum atomic E-state index is 11.4. The van der Waals surface area contributed by atoms with Gasteiger partial charge in [0.25, 0.3) is 0 Å². The summed E-state index contributed by atoms with van der Waals surface area (Å²) < 4.78 is 5.98. The SMILES string of the molecule is CCc1nc(-c2ccccc2OCCCc2ccccc2)sc1C(=O)O. The quantitative estimate of drug-likeness (QED) is 0.564. The summed E-state index contributed by atoms with van der Waals surface area (Å²) in [6, 6.07) is 18.0. The van der Waals surface area contributed by atoms with Crippen LogP contribution in [0.3, 0.4) is 0 Å². The molecule has 0 fully saturated rings. The molecule has 0 saturated heterocycles. The van der Waals surface area contributed by atoms with Crippen LogP contribution in [0, 0.1) is 0 Å². The van der Waals surface area contributed by atoms with Crippen molar-refractivity contribution in [2.75, 3.05) is 6.61 Å². The van der Waals surface area contributed by atoms with Crippen molar-refractivity contribution in [1.82, 2.24) is 4.98 Å². The van der Waals surface area contributed by atoms with Crippen LogP contribution in [0.2, 0.25) is 0 Å². The third-order valence-corrected chi connectivity index (χ3v) is 5.17. The number of thiazole rings is 1. The van der Waals surface area contributed by atoms with E-state index < -0.39 is 5.97 Å². The lowest BCUT2D eigenvalue weighted by Gasteiger charge is -2.10. The van der Waals surface area contributed by atoms with Crippen LogP contribution in [0.25, 0.3) is 10.6 Å². The molecule has 26 heavy (non-hydrogen) atoms. The van der Waals surface area contributed by atoms with Crippen molar-refractivity contribution in [3.8, 4) is 16.3 Å². The molecule has 0 saturated carbocycles. The van der Waals surface area contributed by atoms with Gasteiger partial charge in [-0.15, -0.1) is 11.3 Å². The van der Waals surface area contributed by atoms with Crippen LogP contribution in [-0.4, -0.2) is 22.7 Å². The van der Waals surface area contributed by atoms with Crippen LogP contribution in [0.15, 0.2) is 54.6 Å². The Labute approximate surface area is 157 Å². The molecule has 0 bridgehead atoms. The number of aromatic nitrogens is 1. The first kappa shape index (κ1) is 18.1. The number of carbonyl (C=O) groups is 1. The topological polar surface area (TPSA) is 59.4 Å². The van der Waals surface area contributed by atoms with E-state index in [4.69, 9.17) is 4.74 Å². The van der Waals surface area contributed by atoms with Gasteiger partial charge in [-0.25, -0.2) is 9.78 Å². The largest absolute Gasteiger partial charge is 0.493 e. The van der Waals surface area contributed by atoms with Gasteiger partial charge in [0.1, 0.15) is 15.6 Å². The molecular formula is C21H21NO3S. The molecule has 0 atom stereocenters. The Bertz CT molecular complexity index is 874. The summed E-state index contributed by atoms with van der Waals surface area (Å²) in [6.45, 7) is 2.51. The zero-order valence-corrected chi connectivity index (χ0v) is 15.5. The van der Waals surface area contributed by atoms with Gasteiger partial charge in [0.15, 0.2) is 0 Å². The van der Waals surface area contributed by atoms with Crippen molar-refractivity contribution < 1.29 is 14.6 Å². The molecule has 0 amide bonds. The Balaban J connectivity index is 1.71. The monoisotopic (exact) mass is 367 g/mol. The lowest BCUT2D eigenvalue weighted by Crippen LogP contribution is -2.00. The Morgan fingerprint density at radius 3 is 2.54 bits per heavy atom. The van der Waals surface area contributed by atoms with E-state index >= 15 is 0 Å². The van der Waals surface area contributed by atoms with Crippen LogP contribution in [0.4, 0.5) is 0 Å². The summed E-state index contributed by atoms with van der Waals surface area (Å²) in [5.74, 6) is -0.180. The third-order valence-electron chi connectivity index (χ3n) is 4.05. The molecule has 3 aromatic rings. The Kier molecular flexibility index (Phi) is 6.02. The molecule has 2 aromatic carbocycles. The predicted molar refractivity (Wildman–Crippen MR) is 104 cm³/mol. The molecule has 5 heteroatoms. The zero-order chi connectivity index (χ0) is 18.4. The van der Waals surface area contributed by atoms with Crippen molar-refractivity contribution in [2.45, 2.75) is 26.2 Å². The van der Waals surface area contributed by atoms with E-state index in [-0.39, 0.29) is 0 Å². The highest BCUT2D eigenvalue weighted by atomic mass is 32.1. The van der Waals surface area contributed by atoms with Crippen LogP contribution in [0.1, 0.15) is 34.3 Å². The van der Waals surface area contributed by atoms with Gasteiger partial charge in [-0.1, -0.05) is 49.4 Å². The van der Waals surface area contributed by atoms with Crippen molar-refractivity contribution in [2.24, 2.45) is 0 Å². The van der Waals surface area contributed by atoms with E-state index in [2.05, 4.69) is 17.1 Å². The fourth-order valence-corrected chi connectivity index (χ4v) is 3.77. The highest BCUT2D eigenvalue weighted by Gasteiger charge is 2.18. The first-order valence-corrected chi connectivity index (χ1v) is 9.49. The molecule has 0 radical (unpaired) electrons. The second-order valence-electron chi connectivity index (χ2n) is 5.89. The number of rotatable bonds is 8. The number of nitrogens with zero attached hydrogens (tertiary/aromatic N) is 1. The molecule has 0 spiro atoms.